The monoisotopic (exact) mass is 331 g/mol. The lowest BCUT2D eigenvalue weighted by molar-refractivity contribution is -0.127. The number of rotatable bonds is 4. The van der Waals surface area contributed by atoms with E-state index in [4.69, 9.17) is 17.4 Å². The molecule has 118 valence electrons. The molecule has 0 saturated heterocycles. The van der Waals surface area contributed by atoms with Crippen LogP contribution in [0.3, 0.4) is 0 Å². The molecule has 0 heterocycles. The molecule has 6 nitrogen and oxygen atoms in total. The van der Waals surface area contributed by atoms with Crippen molar-refractivity contribution in [3.8, 4) is 0 Å². The zero-order valence-electron chi connectivity index (χ0n) is 12.0. The van der Waals surface area contributed by atoms with Crippen molar-refractivity contribution in [1.82, 2.24) is 5.43 Å². The number of hydrazine groups is 1. The van der Waals surface area contributed by atoms with Crippen molar-refractivity contribution in [2.75, 3.05) is 4.90 Å². The van der Waals surface area contributed by atoms with E-state index in [1.807, 2.05) is 5.43 Å². The number of amides is 3. The number of hydrogen-bond donors (Lipinski definition) is 2. The fourth-order valence-corrected chi connectivity index (χ4v) is 2.07. The van der Waals surface area contributed by atoms with Gasteiger partial charge in [0.2, 0.25) is 11.8 Å². The van der Waals surface area contributed by atoms with Crippen LogP contribution < -0.4 is 16.2 Å². The molecule has 0 radical (unpaired) electrons. The van der Waals surface area contributed by atoms with E-state index in [2.05, 4.69) is 0 Å². The number of hydrogen-bond acceptors (Lipinski definition) is 4. The molecule has 0 unspecified atom stereocenters. The fraction of sp³-hybridized carbons (Fsp3) is 0.0625. The number of nitrogens with two attached hydrogens (primary N) is 1. The molecule has 23 heavy (non-hydrogen) atoms. The van der Waals surface area contributed by atoms with Crippen LogP contribution in [0.2, 0.25) is 5.02 Å². The average Bonchev–Trinajstić information content (AvgIpc) is 2.57. The summed E-state index contributed by atoms with van der Waals surface area (Å²) < 4.78 is 0. The van der Waals surface area contributed by atoms with Crippen LogP contribution in [0.15, 0.2) is 54.6 Å². The van der Waals surface area contributed by atoms with Crippen molar-refractivity contribution in [2.24, 2.45) is 5.84 Å². The van der Waals surface area contributed by atoms with E-state index < -0.39 is 24.1 Å². The molecular formula is C16H14ClN3O3. The second kappa shape index (κ2) is 7.53. The zero-order valence-corrected chi connectivity index (χ0v) is 12.8. The largest absolute Gasteiger partial charge is 0.294 e. The second-order valence-corrected chi connectivity index (χ2v) is 5.06. The third kappa shape index (κ3) is 4.15. The molecule has 0 aliphatic heterocycles. The topological polar surface area (TPSA) is 92.5 Å². The molecule has 7 heteroatoms. The Balaban J connectivity index is 2.38. The highest BCUT2D eigenvalue weighted by atomic mass is 35.5. The van der Waals surface area contributed by atoms with Crippen LogP contribution >= 0.6 is 11.6 Å². The number of benzene rings is 2. The van der Waals surface area contributed by atoms with Gasteiger partial charge in [-0.1, -0.05) is 29.8 Å². The van der Waals surface area contributed by atoms with Crippen molar-refractivity contribution >= 4 is 35.0 Å². The van der Waals surface area contributed by atoms with Gasteiger partial charge in [-0.3, -0.25) is 19.8 Å². The number of nitrogens with zero attached hydrogens (tertiary/aromatic N) is 1. The van der Waals surface area contributed by atoms with Crippen molar-refractivity contribution < 1.29 is 14.4 Å². The van der Waals surface area contributed by atoms with Gasteiger partial charge in [-0.2, -0.15) is 0 Å². The fourth-order valence-electron chi connectivity index (χ4n) is 1.94. The van der Waals surface area contributed by atoms with E-state index in [0.29, 0.717) is 16.3 Å². The van der Waals surface area contributed by atoms with E-state index in [-0.39, 0.29) is 0 Å². The lowest BCUT2D eigenvalue weighted by atomic mass is 10.1. The summed E-state index contributed by atoms with van der Waals surface area (Å²) in [6.45, 7) is 0. The minimum absolute atomic E-state index is 0.318. The van der Waals surface area contributed by atoms with Crippen molar-refractivity contribution in [3.05, 3.63) is 65.2 Å². The first-order valence-corrected chi connectivity index (χ1v) is 7.08. The Kier molecular flexibility index (Phi) is 5.46. The molecular weight excluding hydrogens is 318 g/mol. The highest BCUT2D eigenvalue weighted by Crippen LogP contribution is 2.21. The summed E-state index contributed by atoms with van der Waals surface area (Å²) in [6.07, 6.45) is -0.544. The third-order valence-electron chi connectivity index (χ3n) is 3.03. The van der Waals surface area contributed by atoms with Gasteiger partial charge in [0.05, 0.1) is 5.69 Å². The molecule has 0 aromatic heterocycles. The summed E-state index contributed by atoms with van der Waals surface area (Å²) >= 11 is 5.83. The Morgan fingerprint density at radius 2 is 1.61 bits per heavy atom. The van der Waals surface area contributed by atoms with Crippen molar-refractivity contribution in [2.45, 2.75) is 6.42 Å². The molecule has 2 rings (SSSR count). The SMILES string of the molecule is NNC(=O)CC(=O)N(C(=O)c1ccccc1)c1ccc(Cl)cc1. The zero-order chi connectivity index (χ0) is 16.8. The van der Waals surface area contributed by atoms with Gasteiger partial charge < -0.3 is 0 Å². The smallest absolute Gasteiger partial charge is 0.265 e. The highest BCUT2D eigenvalue weighted by Gasteiger charge is 2.26. The van der Waals surface area contributed by atoms with E-state index in [1.54, 1.807) is 42.5 Å². The van der Waals surface area contributed by atoms with Crippen LogP contribution in [-0.2, 0) is 9.59 Å². The van der Waals surface area contributed by atoms with E-state index in [9.17, 15) is 14.4 Å². The van der Waals surface area contributed by atoms with Crippen LogP contribution in [0.25, 0.3) is 0 Å². The maximum absolute atomic E-state index is 12.7. The Morgan fingerprint density at radius 3 is 2.17 bits per heavy atom. The minimum Gasteiger partial charge on any atom is -0.294 e. The molecule has 3 amide bonds. The van der Waals surface area contributed by atoms with Gasteiger partial charge in [-0.25, -0.2) is 10.7 Å². The maximum Gasteiger partial charge on any atom is 0.265 e. The Bertz CT molecular complexity index is 717. The number of carbonyl (C=O) groups excluding carboxylic acids is 3. The summed E-state index contributed by atoms with van der Waals surface area (Å²) in [5, 5.41) is 0.466. The number of anilines is 1. The van der Waals surface area contributed by atoms with Gasteiger partial charge >= 0.3 is 0 Å². The molecule has 3 N–H and O–H groups in total. The standard InChI is InChI=1S/C16H14ClN3O3/c17-12-6-8-13(9-7-12)20(15(22)10-14(21)19-18)16(23)11-4-2-1-3-5-11/h1-9H,10,18H2,(H,19,21). The summed E-state index contributed by atoms with van der Waals surface area (Å²) in [5.41, 5.74) is 2.51. The summed E-state index contributed by atoms with van der Waals surface area (Å²) in [7, 11) is 0. The second-order valence-electron chi connectivity index (χ2n) is 4.62. The van der Waals surface area contributed by atoms with Gasteiger partial charge in [0.15, 0.2) is 0 Å². The molecule has 2 aromatic carbocycles. The Labute approximate surface area is 137 Å². The number of nitrogens with one attached hydrogen (secondary N) is 1. The normalized spacial score (nSPS) is 10.0. The number of halogens is 1. The van der Waals surface area contributed by atoms with Crippen molar-refractivity contribution in [1.29, 1.82) is 0 Å². The molecule has 0 saturated carbocycles. The van der Waals surface area contributed by atoms with Gasteiger partial charge in [-0.15, -0.1) is 0 Å². The summed E-state index contributed by atoms with van der Waals surface area (Å²) in [6, 6.07) is 14.5. The Morgan fingerprint density at radius 1 is 1.00 bits per heavy atom. The third-order valence-corrected chi connectivity index (χ3v) is 3.28. The van der Waals surface area contributed by atoms with Gasteiger partial charge in [0, 0.05) is 10.6 Å². The number of imide groups is 1. The number of carbonyl (C=O) groups is 3. The molecule has 0 aliphatic rings. The van der Waals surface area contributed by atoms with Gasteiger partial charge in [0.25, 0.3) is 5.91 Å². The highest BCUT2D eigenvalue weighted by molar-refractivity contribution is 6.31. The van der Waals surface area contributed by atoms with Crippen molar-refractivity contribution in [3.63, 3.8) is 0 Å². The maximum atomic E-state index is 12.7. The quantitative estimate of drug-likeness (QED) is 0.387. The van der Waals surface area contributed by atoms with E-state index >= 15 is 0 Å². The summed E-state index contributed by atoms with van der Waals surface area (Å²) in [4.78, 5) is 37.3. The molecule has 2 aromatic rings. The molecule has 0 spiro atoms. The van der Waals surface area contributed by atoms with Crippen LogP contribution in [0, 0.1) is 0 Å². The lowest BCUT2D eigenvalue weighted by Crippen LogP contribution is -2.41. The van der Waals surface area contributed by atoms with Gasteiger partial charge in [0.1, 0.15) is 6.42 Å². The lowest BCUT2D eigenvalue weighted by Gasteiger charge is -2.21. The van der Waals surface area contributed by atoms with Crippen LogP contribution in [0.5, 0.6) is 0 Å². The van der Waals surface area contributed by atoms with Crippen LogP contribution in [-0.4, -0.2) is 17.7 Å². The van der Waals surface area contributed by atoms with Gasteiger partial charge in [-0.05, 0) is 36.4 Å². The first-order chi connectivity index (χ1) is 11.0. The van der Waals surface area contributed by atoms with E-state index in [0.717, 1.165) is 4.90 Å². The van der Waals surface area contributed by atoms with E-state index in [1.165, 1.54) is 12.1 Å². The molecule has 0 bridgehead atoms. The average molecular weight is 332 g/mol. The van der Waals surface area contributed by atoms with Crippen LogP contribution in [0.4, 0.5) is 5.69 Å². The first-order valence-electron chi connectivity index (χ1n) is 6.70. The minimum atomic E-state index is -0.691. The summed E-state index contributed by atoms with van der Waals surface area (Å²) in [5.74, 6) is 3.08. The van der Waals surface area contributed by atoms with Crippen LogP contribution in [0.1, 0.15) is 16.8 Å². The Hall–Kier alpha value is -2.70. The molecule has 0 atom stereocenters. The predicted octanol–water partition coefficient (Wildman–Crippen LogP) is 1.89. The molecule has 0 aliphatic carbocycles. The predicted molar refractivity (Wildman–Crippen MR) is 86.7 cm³/mol. The molecule has 0 fully saturated rings. The first kappa shape index (κ1) is 16.7.